The largest absolute Gasteiger partial charge is 0.449 e. The highest BCUT2D eigenvalue weighted by molar-refractivity contribution is 6.33. The molecule has 9 heteroatoms. The van der Waals surface area contributed by atoms with E-state index >= 15 is 0 Å². The molecule has 0 spiro atoms. The number of ketones is 1. The van der Waals surface area contributed by atoms with Gasteiger partial charge in [0.2, 0.25) is 0 Å². The molecule has 0 aliphatic carbocycles. The summed E-state index contributed by atoms with van der Waals surface area (Å²) in [4.78, 5) is 45.6. The molecule has 8 nitrogen and oxygen atoms in total. The summed E-state index contributed by atoms with van der Waals surface area (Å²) in [6.45, 7) is 2.80. The summed E-state index contributed by atoms with van der Waals surface area (Å²) in [5, 5.41) is 13.1. The second kappa shape index (κ2) is 8.41. The van der Waals surface area contributed by atoms with Gasteiger partial charge in [0.05, 0.1) is 15.5 Å². The Morgan fingerprint density at radius 2 is 1.78 bits per heavy atom. The average Bonchev–Trinajstić information content (AvgIpc) is 2.61. The number of anilines is 1. The molecule has 2 aromatic rings. The van der Waals surface area contributed by atoms with Crippen molar-refractivity contribution in [3.63, 3.8) is 0 Å². The van der Waals surface area contributed by atoms with Crippen molar-refractivity contribution in [3.05, 3.63) is 68.7 Å². The number of nitro groups is 1. The van der Waals surface area contributed by atoms with E-state index in [9.17, 15) is 24.5 Å². The van der Waals surface area contributed by atoms with E-state index in [-0.39, 0.29) is 22.1 Å². The molecule has 0 aromatic heterocycles. The summed E-state index contributed by atoms with van der Waals surface area (Å²) in [7, 11) is 0. The lowest BCUT2D eigenvalue weighted by molar-refractivity contribution is -0.384. The van der Waals surface area contributed by atoms with Crippen LogP contribution in [0.3, 0.4) is 0 Å². The van der Waals surface area contributed by atoms with Crippen LogP contribution in [-0.4, -0.2) is 28.7 Å². The molecule has 2 aromatic carbocycles. The zero-order chi connectivity index (χ0) is 20.1. The molecule has 0 radical (unpaired) electrons. The standard InChI is InChI=1S/C18H15ClN2O6/c1-10(22)12-3-5-13(6-4-12)20-17(23)11(2)27-18(24)15-8-7-14(21(25)26)9-16(15)19/h3-9,11H,1-2H3,(H,20,23)/t11-/m0/s1. The first-order valence-corrected chi connectivity index (χ1v) is 8.13. The van der Waals surface area contributed by atoms with Crippen LogP contribution in [0.25, 0.3) is 0 Å². The predicted octanol–water partition coefficient (Wildman–Crippen LogP) is 3.63. The molecule has 0 saturated heterocycles. The van der Waals surface area contributed by atoms with Crippen molar-refractivity contribution in [3.8, 4) is 0 Å². The van der Waals surface area contributed by atoms with Crippen LogP contribution in [-0.2, 0) is 9.53 Å². The molecular weight excluding hydrogens is 376 g/mol. The van der Waals surface area contributed by atoms with E-state index in [2.05, 4.69) is 5.32 Å². The van der Waals surface area contributed by atoms with Crippen LogP contribution < -0.4 is 5.32 Å². The molecule has 0 aliphatic rings. The minimum Gasteiger partial charge on any atom is -0.449 e. The van der Waals surface area contributed by atoms with Crippen molar-refractivity contribution in [2.24, 2.45) is 0 Å². The topological polar surface area (TPSA) is 116 Å². The fourth-order valence-electron chi connectivity index (χ4n) is 2.09. The van der Waals surface area contributed by atoms with Gasteiger partial charge in [-0.1, -0.05) is 11.6 Å². The minimum atomic E-state index is -1.14. The molecule has 140 valence electrons. The maximum Gasteiger partial charge on any atom is 0.340 e. The monoisotopic (exact) mass is 390 g/mol. The van der Waals surface area contributed by atoms with Crippen LogP contribution in [0, 0.1) is 10.1 Å². The molecule has 0 aliphatic heterocycles. The van der Waals surface area contributed by atoms with Crippen LogP contribution in [0.1, 0.15) is 34.6 Å². The lowest BCUT2D eigenvalue weighted by Crippen LogP contribution is -2.30. The number of ether oxygens (including phenoxy) is 1. The van der Waals surface area contributed by atoms with Crippen LogP contribution >= 0.6 is 11.6 Å². The summed E-state index contributed by atoms with van der Waals surface area (Å²) in [5.41, 5.74) is 0.575. The predicted molar refractivity (Wildman–Crippen MR) is 98.1 cm³/mol. The number of nitrogens with zero attached hydrogens (tertiary/aromatic N) is 1. The van der Waals surface area contributed by atoms with E-state index in [0.29, 0.717) is 11.3 Å². The summed E-state index contributed by atoms with van der Waals surface area (Å²) in [5.74, 6) is -1.57. The summed E-state index contributed by atoms with van der Waals surface area (Å²) in [6.07, 6.45) is -1.14. The molecule has 0 fully saturated rings. The van der Waals surface area contributed by atoms with E-state index in [1.807, 2.05) is 0 Å². The Labute approximate surface area is 159 Å². The number of benzene rings is 2. The third kappa shape index (κ3) is 5.11. The highest BCUT2D eigenvalue weighted by atomic mass is 35.5. The number of hydrogen-bond donors (Lipinski definition) is 1. The second-order valence-corrected chi connectivity index (χ2v) is 6.00. The van der Waals surface area contributed by atoms with Crippen molar-refractivity contribution in [1.29, 1.82) is 0 Å². The Kier molecular flexibility index (Phi) is 6.25. The molecule has 0 unspecified atom stereocenters. The van der Waals surface area contributed by atoms with E-state index in [4.69, 9.17) is 16.3 Å². The normalized spacial score (nSPS) is 11.4. The highest BCUT2D eigenvalue weighted by Crippen LogP contribution is 2.23. The van der Waals surface area contributed by atoms with Crippen LogP contribution in [0.4, 0.5) is 11.4 Å². The lowest BCUT2D eigenvalue weighted by atomic mass is 10.1. The fourth-order valence-corrected chi connectivity index (χ4v) is 2.34. The molecule has 1 amide bonds. The Morgan fingerprint density at radius 1 is 1.15 bits per heavy atom. The number of halogens is 1. The SMILES string of the molecule is CC(=O)c1ccc(NC(=O)[C@H](C)OC(=O)c2ccc([N+](=O)[O-])cc2Cl)cc1. The summed E-state index contributed by atoms with van der Waals surface area (Å²) < 4.78 is 5.05. The third-order valence-electron chi connectivity index (χ3n) is 3.60. The van der Waals surface area contributed by atoms with E-state index < -0.39 is 22.9 Å². The Balaban J connectivity index is 2.02. The highest BCUT2D eigenvalue weighted by Gasteiger charge is 2.22. The number of hydrogen-bond acceptors (Lipinski definition) is 6. The average molecular weight is 391 g/mol. The van der Waals surface area contributed by atoms with Crippen molar-refractivity contribution >= 4 is 40.6 Å². The van der Waals surface area contributed by atoms with Gasteiger partial charge in [-0.05, 0) is 44.2 Å². The minimum absolute atomic E-state index is 0.0901. The molecule has 0 saturated carbocycles. The summed E-state index contributed by atoms with van der Waals surface area (Å²) >= 11 is 5.87. The smallest absolute Gasteiger partial charge is 0.340 e. The lowest BCUT2D eigenvalue weighted by Gasteiger charge is -2.14. The van der Waals surface area contributed by atoms with Crippen LogP contribution in [0.2, 0.25) is 5.02 Å². The Hall–Kier alpha value is -3.26. The van der Waals surface area contributed by atoms with Gasteiger partial charge in [-0.3, -0.25) is 19.7 Å². The van der Waals surface area contributed by atoms with E-state index in [0.717, 1.165) is 18.2 Å². The van der Waals surface area contributed by atoms with Crippen molar-refractivity contribution < 1.29 is 24.0 Å². The van der Waals surface area contributed by atoms with Crippen LogP contribution in [0.15, 0.2) is 42.5 Å². The molecular formula is C18H15ClN2O6. The number of Topliss-reactive ketones (excluding diaryl/α,β-unsaturated/α-hetero) is 1. The van der Waals surface area contributed by atoms with Gasteiger partial charge in [0, 0.05) is 23.4 Å². The Morgan fingerprint density at radius 3 is 2.30 bits per heavy atom. The number of nitrogens with one attached hydrogen (secondary N) is 1. The second-order valence-electron chi connectivity index (χ2n) is 5.59. The van der Waals surface area contributed by atoms with Gasteiger partial charge in [0.15, 0.2) is 11.9 Å². The fraction of sp³-hybridized carbons (Fsp3) is 0.167. The number of carbonyl (C=O) groups is 3. The Bertz CT molecular complexity index is 911. The molecule has 1 N–H and O–H groups in total. The first-order valence-electron chi connectivity index (χ1n) is 7.76. The number of carbonyl (C=O) groups excluding carboxylic acids is 3. The van der Waals surface area contributed by atoms with Gasteiger partial charge in [-0.2, -0.15) is 0 Å². The third-order valence-corrected chi connectivity index (χ3v) is 3.91. The number of rotatable bonds is 6. The number of nitro benzene ring substituents is 1. The van der Waals surface area contributed by atoms with E-state index in [1.165, 1.54) is 13.8 Å². The van der Waals surface area contributed by atoms with Gasteiger partial charge >= 0.3 is 5.97 Å². The molecule has 0 heterocycles. The summed E-state index contributed by atoms with van der Waals surface area (Å²) in [6, 6.07) is 9.53. The number of amides is 1. The molecule has 1 atom stereocenters. The zero-order valence-corrected chi connectivity index (χ0v) is 15.1. The van der Waals surface area contributed by atoms with Gasteiger partial charge in [-0.15, -0.1) is 0 Å². The molecule has 27 heavy (non-hydrogen) atoms. The van der Waals surface area contributed by atoms with Crippen molar-refractivity contribution in [1.82, 2.24) is 0 Å². The van der Waals surface area contributed by atoms with Crippen LogP contribution in [0.5, 0.6) is 0 Å². The van der Waals surface area contributed by atoms with Gasteiger partial charge in [0.25, 0.3) is 11.6 Å². The van der Waals surface area contributed by atoms with Crippen molar-refractivity contribution in [2.45, 2.75) is 20.0 Å². The van der Waals surface area contributed by atoms with E-state index in [1.54, 1.807) is 24.3 Å². The molecule has 0 bridgehead atoms. The number of esters is 1. The van der Waals surface area contributed by atoms with Gasteiger partial charge < -0.3 is 10.1 Å². The van der Waals surface area contributed by atoms with Crippen molar-refractivity contribution in [2.75, 3.05) is 5.32 Å². The van der Waals surface area contributed by atoms with Gasteiger partial charge in [0.1, 0.15) is 0 Å². The first-order chi connectivity index (χ1) is 12.7. The quantitative estimate of drug-likeness (QED) is 0.348. The maximum atomic E-state index is 12.1. The zero-order valence-electron chi connectivity index (χ0n) is 14.4. The van der Waals surface area contributed by atoms with Gasteiger partial charge in [-0.25, -0.2) is 4.79 Å². The first kappa shape index (κ1) is 20.1. The number of non-ortho nitro benzene ring substituents is 1. The maximum absolute atomic E-state index is 12.1. The molecule has 2 rings (SSSR count).